The molecule has 0 fully saturated rings. The van der Waals surface area contributed by atoms with Gasteiger partial charge >= 0.3 is 0 Å². The van der Waals surface area contributed by atoms with E-state index in [9.17, 15) is 10.1 Å². The molecule has 0 saturated carbocycles. The maximum absolute atomic E-state index is 10.7. The number of nitrogens with one attached hydrogen (secondary N) is 1. The van der Waals surface area contributed by atoms with E-state index in [0.29, 0.717) is 24.2 Å². The van der Waals surface area contributed by atoms with Gasteiger partial charge in [0.25, 0.3) is 5.69 Å². The highest BCUT2D eigenvalue weighted by atomic mass is 35.5. The fraction of sp³-hybridized carbons (Fsp3) is 0.385. The Morgan fingerprint density at radius 2 is 2.24 bits per heavy atom. The zero-order valence-corrected chi connectivity index (χ0v) is 12.5. The lowest BCUT2D eigenvalue weighted by Crippen LogP contribution is -2.24. The van der Waals surface area contributed by atoms with E-state index in [1.807, 2.05) is 13.8 Å². The van der Waals surface area contributed by atoms with Crippen molar-refractivity contribution in [2.75, 3.05) is 0 Å². The third-order valence-corrected chi connectivity index (χ3v) is 3.28. The second kappa shape index (κ2) is 6.64. The molecular formula is C13H16ClN5O2. The van der Waals surface area contributed by atoms with Gasteiger partial charge in [-0.2, -0.15) is 5.10 Å². The molecule has 1 aromatic heterocycles. The minimum atomic E-state index is -0.469. The SMILES string of the molecule is CC(C)NCc1ncnn1Cc1ccc([N+](=O)[O-])cc1Cl. The second-order valence-electron chi connectivity index (χ2n) is 4.90. The number of nitro groups is 1. The van der Waals surface area contributed by atoms with Crippen LogP contribution >= 0.6 is 11.6 Å². The Bertz CT molecular complexity index is 641. The van der Waals surface area contributed by atoms with E-state index < -0.39 is 4.92 Å². The Labute approximate surface area is 127 Å². The van der Waals surface area contributed by atoms with Gasteiger partial charge in [0, 0.05) is 18.2 Å². The molecule has 0 spiro atoms. The number of nitro benzene ring substituents is 1. The van der Waals surface area contributed by atoms with Gasteiger partial charge in [-0.1, -0.05) is 25.4 Å². The molecule has 0 atom stereocenters. The summed E-state index contributed by atoms with van der Waals surface area (Å²) in [6, 6.07) is 4.77. The molecule has 8 heteroatoms. The Balaban J connectivity index is 2.15. The van der Waals surface area contributed by atoms with E-state index in [1.165, 1.54) is 18.5 Å². The molecule has 0 saturated heterocycles. The molecule has 0 bridgehead atoms. The monoisotopic (exact) mass is 309 g/mol. The van der Waals surface area contributed by atoms with Gasteiger partial charge < -0.3 is 5.32 Å². The van der Waals surface area contributed by atoms with Crippen molar-refractivity contribution in [2.24, 2.45) is 0 Å². The number of non-ortho nitro benzene ring substituents is 1. The van der Waals surface area contributed by atoms with Crippen LogP contribution in [0.5, 0.6) is 0 Å². The van der Waals surface area contributed by atoms with Gasteiger partial charge in [-0.05, 0) is 11.6 Å². The van der Waals surface area contributed by atoms with Gasteiger partial charge in [0.2, 0.25) is 0 Å². The van der Waals surface area contributed by atoms with E-state index in [0.717, 1.165) is 11.4 Å². The van der Waals surface area contributed by atoms with Gasteiger partial charge in [0.1, 0.15) is 12.2 Å². The summed E-state index contributed by atoms with van der Waals surface area (Å²) in [5.74, 6) is 0.790. The third-order valence-electron chi connectivity index (χ3n) is 2.93. The molecular weight excluding hydrogens is 294 g/mol. The van der Waals surface area contributed by atoms with Crippen LogP contribution in [0.3, 0.4) is 0 Å². The summed E-state index contributed by atoms with van der Waals surface area (Å²) in [5, 5.41) is 18.5. The number of aromatic nitrogens is 3. The average Bonchev–Trinajstić information content (AvgIpc) is 2.85. The smallest absolute Gasteiger partial charge is 0.270 e. The molecule has 0 radical (unpaired) electrons. The largest absolute Gasteiger partial charge is 0.308 e. The van der Waals surface area contributed by atoms with Crippen LogP contribution in [0.15, 0.2) is 24.5 Å². The van der Waals surface area contributed by atoms with Gasteiger partial charge in [-0.15, -0.1) is 0 Å². The van der Waals surface area contributed by atoms with Crippen molar-refractivity contribution in [1.82, 2.24) is 20.1 Å². The number of hydrogen-bond acceptors (Lipinski definition) is 5. The summed E-state index contributed by atoms with van der Waals surface area (Å²) in [6.45, 7) is 5.12. The molecule has 1 aromatic carbocycles. The Kier molecular flexibility index (Phi) is 4.87. The van der Waals surface area contributed by atoms with E-state index in [-0.39, 0.29) is 5.69 Å². The number of benzene rings is 1. The molecule has 1 N–H and O–H groups in total. The summed E-state index contributed by atoms with van der Waals surface area (Å²) >= 11 is 6.09. The lowest BCUT2D eigenvalue weighted by molar-refractivity contribution is -0.384. The first kappa shape index (κ1) is 15.4. The molecule has 2 aromatic rings. The predicted molar refractivity (Wildman–Crippen MR) is 79.2 cm³/mol. The third kappa shape index (κ3) is 3.99. The normalized spacial score (nSPS) is 11.0. The van der Waals surface area contributed by atoms with Gasteiger partial charge in [-0.3, -0.25) is 10.1 Å². The van der Waals surface area contributed by atoms with E-state index in [1.54, 1.807) is 10.7 Å². The zero-order valence-electron chi connectivity index (χ0n) is 11.8. The summed E-state index contributed by atoms with van der Waals surface area (Å²) < 4.78 is 1.72. The Hall–Kier alpha value is -1.99. The maximum Gasteiger partial charge on any atom is 0.270 e. The van der Waals surface area contributed by atoms with Crippen molar-refractivity contribution in [1.29, 1.82) is 0 Å². The quantitative estimate of drug-likeness (QED) is 0.654. The van der Waals surface area contributed by atoms with Gasteiger partial charge in [0.05, 0.1) is 23.0 Å². The summed E-state index contributed by atoms with van der Waals surface area (Å²) in [7, 11) is 0. The van der Waals surface area contributed by atoms with Gasteiger partial charge in [-0.25, -0.2) is 9.67 Å². The summed E-state index contributed by atoms with van der Waals surface area (Å²) in [6.07, 6.45) is 1.48. The first-order valence-electron chi connectivity index (χ1n) is 6.50. The van der Waals surface area contributed by atoms with E-state index >= 15 is 0 Å². The number of rotatable bonds is 6. The minimum absolute atomic E-state index is 0.0240. The van der Waals surface area contributed by atoms with E-state index in [2.05, 4.69) is 15.4 Å². The maximum atomic E-state index is 10.7. The summed E-state index contributed by atoms with van der Waals surface area (Å²) in [4.78, 5) is 14.4. The molecule has 0 amide bonds. The van der Waals surface area contributed by atoms with Crippen molar-refractivity contribution >= 4 is 17.3 Å². The second-order valence-corrected chi connectivity index (χ2v) is 5.31. The Morgan fingerprint density at radius 3 is 2.86 bits per heavy atom. The van der Waals surface area contributed by atoms with Crippen LogP contribution < -0.4 is 5.32 Å². The van der Waals surface area contributed by atoms with Crippen LogP contribution in [0.2, 0.25) is 5.02 Å². The van der Waals surface area contributed by atoms with Crippen LogP contribution in [0, 0.1) is 10.1 Å². The first-order valence-corrected chi connectivity index (χ1v) is 6.88. The lowest BCUT2D eigenvalue weighted by atomic mass is 10.2. The fourth-order valence-corrected chi connectivity index (χ4v) is 2.03. The molecule has 0 aliphatic carbocycles. The molecule has 0 aliphatic heterocycles. The van der Waals surface area contributed by atoms with Crippen molar-refractivity contribution in [2.45, 2.75) is 33.0 Å². The molecule has 0 aliphatic rings. The number of hydrogen-bond donors (Lipinski definition) is 1. The topological polar surface area (TPSA) is 85.9 Å². The Morgan fingerprint density at radius 1 is 1.48 bits per heavy atom. The van der Waals surface area contributed by atoms with Crippen molar-refractivity contribution < 1.29 is 4.92 Å². The minimum Gasteiger partial charge on any atom is -0.308 e. The van der Waals surface area contributed by atoms with Gasteiger partial charge in [0.15, 0.2) is 0 Å². The van der Waals surface area contributed by atoms with Crippen LogP contribution in [0.4, 0.5) is 5.69 Å². The summed E-state index contributed by atoms with van der Waals surface area (Å²) in [5.41, 5.74) is 0.739. The molecule has 112 valence electrons. The molecule has 7 nitrogen and oxygen atoms in total. The number of halogens is 1. The standard InChI is InChI=1S/C13H16ClN5O2/c1-9(2)15-6-13-16-8-17-18(13)7-10-3-4-11(19(20)21)5-12(10)14/h3-5,8-9,15H,6-7H2,1-2H3. The average molecular weight is 310 g/mol. The predicted octanol–water partition coefficient (Wildman–Crippen LogP) is 2.39. The van der Waals surface area contributed by atoms with E-state index in [4.69, 9.17) is 11.6 Å². The highest BCUT2D eigenvalue weighted by Crippen LogP contribution is 2.23. The van der Waals surface area contributed by atoms with Crippen LogP contribution in [0.25, 0.3) is 0 Å². The zero-order chi connectivity index (χ0) is 15.4. The highest BCUT2D eigenvalue weighted by Gasteiger charge is 2.12. The fourth-order valence-electron chi connectivity index (χ4n) is 1.79. The van der Waals surface area contributed by atoms with Crippen molar-refractivity contribution in [3.05, 3.63) is 51.1 Å². The van der Waals surface area contributed by atoms with Crippen molar-refractivity contribution in [3.63, 3.8) is 0 Å². The van der Waals surface area contributed by atoms with Crippen molar-refractivity contribution in [3.8, 4) is 0 Å². The molecule has 21 heavy (non-hydrogen) atoms. The molecule has 0 unspecified atom stereocenters. The first-order chi connectivity index (χ1) is 9.97. The molecule has 1 heterocycles. The van der Waals surface area contributed by atoms with Crippen LogP contribution in [-0.2, 0) is 13.1 Å². The van der Waals surface area contributed by atoms with Crippen LogP contribution in [0.1, 0.15) is 25.2 Å². The molecule has 2 rings (SSSR count). The van der Waals surface area contributed by atoms with Crippen LogP contribution in [-0.4, -0.2) is 25.7 Å². The highest BCUT2D eigenvalue weighted by molar-refractivity contribution is 6.31. The number of nitrogens with zero attached hydrogens (tertiary/aromatic N) is 4. The lowest BCUT2D eigenvalue weighted by Gasteiger charge is -2.10.